The molecule has 0 radical (unpaired) electrons. The van der Waals surface area contributed by atoms with Crippen LogP contribution in [-0.4, -0.2) is 53.5 Å². The highest BCUT2D eigenvalue weighted by Gasteiger charge is 2.35. The highest BCUT2D eigenvalue weighted by atomic mass is 19.1. The molecular weight excluding hydrogens is 421 g/mol. The van der Waals surface area contributed by atoms with Crippen molar-refractivity contribution < 1.29 is 18.7 Å². The predicted molar refractivity (Wildman–Crippen MR) is 124 cm³/mol. The number of para-hydroxylation sites is 1. The standard InChI is InChI=1S/C26H28FN3O3/c1-26(2,29-24(31)21-7-5-8-22(27)14-21)25(32)30-10-11-33-17-19(16-30)12-18-13-20-6-3-4-9-23(20)28-15-18/h3-9,13-15,19H,10-12,16-17H2,1-2H3,(H,29,31). The van der Waals surface area contributed by atoms with Gasteiger partial charge >= 0.3 is 0 Å². The Kier molecular flexibility index (Phi) is 6.70. The van der Waals surface area contributed by atoms with Crippen molar-refractivity contribution in [3.63, 3.8) is 0 Å². The summed E-state index contributed by atoms with van der Waals surface area (Å²) in [6.45, 7) is 5.29. The van der Waals surface area contributed by atoms with Crippen molar-refractivity contribution >= 4 is 22.7 Å². The van der Waals surface area contributed by atoms with Crippen LogP contribution < -0.4 is 5.32 Å². The maximum atomic E-state index is 13.5. The topological polar surface area (TPSA) is 71.5 Å². The normalized spacial score (nSPS) is 16.9. The Morgan fingerprint density at radius 1 is 1.18 bits per heavy atom. The Morgan fingerprint density at radius 3 is 2.82 bits per heavy atom. The fourth-order valence-electron chi connectivity index (χ4n) is 4.18. The van der Waals surface area contributed by atoms with Crippen LogP contribution in [-0.2, 0) is 16.0 Å². The number of fused-ring (bicyclic) bond motifs is 1. The minimum absolute atomic E-state index is 0.106. The molecule has 0 saturated carbocycles. The lowest BCUT2D eigenvalue weighted by Crippen LogP contribution is -2.56. The molecule has 2 amide bonds. The summed E-state index contributed by atoms with van der Waals surface area (Å²) in [5.41, 5.74) is 1.07. The third-order valence-corrected chi connectivity index (χ3v) is 5.84. The number of amides is 2. The molecule has 2 aromatic carbocycles. The van der Waals surface area contributed by atoms with Gasteiger partial charge in [0, 0.05) is 36.2 Å². The van der Waals surface area contributed by atoms with E-state index in [0.717, 1.165) is 29.0 Å². The number of nitrogens with one attached hydrogen (secondary N) is 1. The van der Waals surface area contributed by atoms with Crippen LogP contribution in [0, 0.1) is 11.7 Å². The van der Waals surface area contributed by atoms with Gasteiger partial charge in [0.1, 0.15) is 11.4 Å². The van der Waals surface area contributed by atoms with E-state index in [2.05, 4.69) is 16.4 Å². The number of hydrogen-bond donors (Lipinski definition) is 1. The summed E-state index contributed by atoms with van der Waals surface area (Å²) in [4.78, 5) is 32.2. The van der Waals surface area contributed by atoms with Crippen LogP contribution >= 0.6 is 0 Å². The summed E-state index contributed by atoms with van der Waals surface area (Å²) >= 11 is 0. The molecule has 1 aliphatic heterocycles. The van der Waals surface area contributed by atoms with Crippen LogP contribution in [0.4, 0.5) is 4.39 Å². The molecule has 1 fully saturated rings. The van der Waals surface area contributed by atoms with Gasteiger partial charge in [0.25, 0.3) is 5.91 Å². The fraction of sp³-hybridized carbons (Fsp3) is 0.346. The van der Waals surface area contributed by atoms with Crippen molar-refractivity contribution in [2.45, 2.75) is 25.8 Å². The van der Waals surface area contributed by atoms with Crippen LogP contribution in [0.25, 0.3) is 10.9 Å². The number of nitrogens with zero attached hydrogens (tertiary/aromatic N) is 2. The molecule has 0 spiro atoms. The summed E-state index contributed by atoms with van der Waals surface area (Å²) in [6, 6.07) is 15.5. The van der Waals surface area contributed by atoms with Crippen molar-refractivity contribution in [2.75, 3.05) is 26.3 Å². The quantitative estimate of drug-likeness (QED) is 0.646. The Hall–Kier alpha value is -3.32. The molecule has 4 rings (SSSR count). The van der Waals surface area contributed by atoms with Crippen LogP contribution in [0.1, 0.15) is 29.8 Å². The minimum Gasteiger partial charge on any atom is -0.379 e. The fourth-order valence-corrected chi connectivity index (χ4v) is 4.18. The molecular formula is C26H28FN3O3. The Balaban J connectivity index is 1.44. The van der Waals surface area contributed by atoms with E-state index < -0.39 is 17.3 Å². The minimum atomic E-state index is -1.15. The second kappa shape index (κ2) is 9.67. The van der Waals surface area contributed by atoms with Gasteiger partial charge in [-0.25, -0.2) is 4.39 Å². The monoisotopic (exact) mass is 449 g/mol. The summed E-state index contributed by atoms with van der Waals surface area (Å²) in [5.74, 6) is -1.08. The second-order valence-electron chi connectivity index (χ2n) is 9.02. The Bertz CT molecular complexity index is 1160. The molecule has 7 heteroatoms. The van der Waals surface area contributed by atoms with Crippen molar-refractivity contribution in [1.29, 1.82) is 0 Å². The van der Waals surface area contributed by atoms with E-state index in [-0.39, 0.29) is 17.4 Å². The van der Waals surface area contributed by atoms with Crippen molar-refractivity contribution in [2.24, 2.45) is 5.92 Å². The largest absolute Gasteiger partial charge is 0.379 e. The van der Waals surface area contributed by atoms with Crippen molar-refractivity contribution in [3.05, 3.63) is 77.7 Å². The van der Waals surface area contributed by atoms with E-state index >= 15 is 0 Å². The lowest BCUT2D eigenvalue weighted by Gasteiger charge is -2.33. The molecule has 1 aromatic heterocycles. The number of aromatic nitrogens is 1. The first-order valence-electron chi connectivity index (χ1n) is 11.1. The average Bonchev–Trinajstić information content (AvgIpc) is 3.03. The maximum absolute atomic E-state index is 13.5. The summed E-state index contributed by atoms with van der Waals surface area (Å²) in [7, 11) is 0. The lowest BCUT2D eigenvalue weighted by molar-refractivity contribution is -0.137. The first-order chi connectivity index (χ1) is 15.8. The molecule has 1 aliphatic rings. The molecule has 172 valence electrons. The molecule has 1 unspecified atom stereocenters. The molecule has 2 heterocycles. The van der Waals surface area contributed by atoms with Gasteiger partial charge in [-0.2, -0.15) is 0 Å². The van der Waals surface area contributed by atoms with Gasteiger partial charge in [-0.05, 0) is 56.2 Å². The Labute approximate surface area is 192 Å². The third-order valence-electron chi connectivity index (χ3n) is 5.84. The van der Waals surface area contributed by atoms with E-state index in [4.69, 9.17) is 4.74 Å². The van der Waals surface area contributed by atoms with E-state index in [1.165, 1.54) is 18.2 Å². The summed E-state index contributed by atoms with van der Waals surface area (Å²) in [6.07, 6.45) is 2.61. The van der Waals surface area contributed by atoms with Crippen molar-refractivity contribution in [1.82, 2.24) is 15.2 Å². The zero-order chi connectivity index (χ0) is 23.4. The number of rotatable bonds is 5. The predicted octanol–water partition coefficient (Wildman–Crippen LogP) is 3.60. The molecule has 0 bridgehead atoms. The SMILES string of the molecule is CC(C)(NC(=O)c1cccc(F)c1)C(=O)N1CCOCC(Cc2cnc3ccccc3c2)C1. The van der Waals surface area contributed by atoms with E-state index in [1.54, 1.807) is 18.7 Å². The van der Waals surface area contributed by atoms with Gasteiger partial charge in [0.05, 0.1) is 18.7 Å². The number of carbonyl (C=O) groups is 2. The highest BCUT2D eigenvalue weighted by Crippen LogP contribution is 2.20. The Morgan fingerprint density at radius 2 is 2.00 bits per heavy atom. The zero-order valence-electron chi connectivity index (χ0n) is 18.9. The van der Waals surface area contributed by atoms with Gasteiger partial charge in [0.2, 0.25) is 5.91 Å². The van der Waals surface area contributed by atoms with E-state index in [1.807, 2.05) is 30.5 Å². The molecule has 1 N–H and O–H groups in total. The smallest absolute Gasteiger partial charge is 0.252 e. The molecule has 1 saturated heterocycles. The highest BCUT2D eigenvalue weighted by molar-refractivity contribution is 5.99. The molecule has 0 aliphatic carbocycles. The van der Waals surface area contributed by atoms with E-state index in [0.29, 0.717) is 26.3 Å². The van der Waals surface area contributed by atoms with Crippen LogP contribution in [0.15, 0.2) is 60.8 Å². The first-order valence-corrected chi connectivity index (χ1v) is 11.1. The van der Waals surface area contributed by atoms with Gasteiger partial charge in [0.15, 0.2) is 0 Å². The second-order valence-corrected chi connectivity index (χ2v) is 9.02. The number of halogens is 1. The molecule has 33 heavy (non-hydrogen) atoms. The van der Waals surface area contributed by atoms with Gasteiger partial charge in [-0.15, -0.1) is 0 Å². The number of pyridine rings is 1. The van der Waals surface area contributed by atoms with Gasteiger partial charge < -0.3 is 15.0 Å². The van der Waals surface area contributed by atoms with Gasteiger partial charge in [-0.1, -0.05) is 24.3 Å². The van der Waals surface area contributed by atoms with Gasteiger partial charge in [-0.3, -0.25) is 14.6 Å². The number of carbonyl (C=O) groups excluding carboxylic acids is 2. The zero-order valence-corrected chi connectivity index (χ0v) is 18.9. The van der Waals surface area contributed by atoms with Crippen LogP contribution in [0.2, 0.25) is 0 Å². The molecule has 1 atom stereocenters. The summed E-state index contributed by atoms with van der Waals surface area (Å²) < 4.78 is 19.3. The number of hydrogen-bond acceptors (Lipinski definition) is 4. The number of ether oxygens (including phenoxy) is 1. The summed E-state index contributed by atoms with van der Waals surface area (Å²) in [5, 5.41) is 3.84. The average molecular weight is 450 g/mol. The van der Waals surface area contributed by atoms with Crippen molar-refractivity contribution in [3.8, 4) is 0 Å². The van der Waals surface area contributed by atoms with Crippen LogP contribution in [0.5, 0.6) is 0 Å². The maximum Gasteiger partial charge on any atom is 0.252 e. The van der Waals surface area contributed by atoms with E-state index in [9.17, 15) is 14.0 Å². The molecule has 6 nitrogen and oxygen atoms in total. The third kappa shape index (κ3) is 5.54. The van der Waals surface area contributed by atoms with Crippen LogP contribution in [0.3, 0.4) is 0 Å². The molecule has 3 aromatic rings. The number of benzene rings is 2. The lowest BCUT2D eigenvalue weighted by atomic mass is 9.97. The first kappa shape index (κ1) is 22.9.